The molecule has 1 fully saturated rings. The number of hydrogen-bond acceptors (Lipinski definition) is 6. The Kier molecular flexibility index (Phi) is 5.72. The van der Waals surface area contributed by atoms with Crippen LogP contribution in [-0.2, 0) is 20.6 Å². The van der Waals surface area contributed by atoms with E-state index in [0.717, 1.165) is 30.7 Å². The summed E-state index contributed by atoms with van der Waals surface area (Å²) in [6.45, 7) is 8.58. The molecule has 31 heavy (non-hydrogen) atoms. The Hall–Kier alpha value is -2.91. The van der Waals surface area contributed by atoms with Crippen molar-refractivity contribution in [3.05, 3.63) is 56.5 Å². The van der Waals surface area contributed by atoms with Crippen molar-refractivity contribution in [1.82, 2.24) is 23.6 Å². The molecule has 1 aliphatic rings. The van der Waals surface area contributed by atoms with Gasteiger partial charge in [0.25, 0.3) is 5.56 Å². The third-order valence-electron chi connectivity index (χ3n) is 6.17. The molecule has 2 aromatic heterocycles. The molecule has 0 aliphatic carbocycles. The zero-order valence-electron chi connectivity index (χ0n) is 18.6. The number of aromatic nitrogens is 4. The number of rotatable bonds is 5. The smallest absolute Gasteiger partial charge is 0.332 e. The number of hydrogen-bond donors (Lipinski definition) is 1. The number of benzene rings is 1. The highest BCUT2D eigenvalue weighted by Crippen LogP contribution is 2.23. The van der Waals surface area contributed by atoms with Crippen molar-refractivity contribution in [2.45, 2.75) is 26.5 Å². The molecule has 0 radical (unpaired) electrons. The Morgan fingerprint density at radius 1 is 1.03 bits per heavy atom. The third-order valence-corrected chi connectivity index (χ3v) is 6.17. The summed E-state index contributed by atoms with van der Waals surface area (Å²) in [6, 6.07) is 6.53. The summed E-state index contributed by atoms with van der Waals surface area (Å²) in [5.41, 5.74) is 3.68. The maximum Gasteiger partial charge on any atom is 0.332 e. The molecule has 0 saturated carbocycles. The van der Waals surface area contributed by atoms with Crippen LogP contribution >= 0.6 is 0 Å². The van der Waals surface area contributed by atoms with Gasteiger partial charge < -0.3 is 14.6 Å². The highest BCUT2D eigenvalue weighted by molar-refractivity contribution is 5.69. The molecule has 1 aromatic carbocycles. The highest BCUT2D eigenvalue weighted by atomic mass is 16.3. The van der Waals surface area contributed by atoms with E-state index in [-0.39, 0.29) is 6.54 Å². The SMILES string of the molecule is Cc1ccc(C)c(N2CCN(CC(O)Cn3cnc4c3c(=O)n(C)c(=O)n4C)CC2)c1. The van der Waals surface area contributed by atoms with Crippen molar-refractivity contribution in [2.24, 2.45) is 14.1 Å². The fourth-order valence-corrected chi connectivity index (χ4v) is 4.35. The van der Waals surface area contributed by atoms with Gasteiger partial charge in [-0.3, -0.25) is 18.8 Å². The second kappa shape index (κ2) is 8.32. The van der Waals surface area contributed by atoms with E-state index in [1.807, 2.05) is 0 Å². The van der Waals surface area contributed by atoms with Crippen molar-refractivity contribution in [2.75, 3.05) is 37.6 Å². The van der Waals surface area contributed by atoms with Crippen LogP contribution in [0, 0.1) is 13.8 Å². The first kappa shape index (κ1) is 21.3. The number of piperazine rings is 1. The lowest BCUT2D eigenvalue weighted by Gasteiger charge is -2.37. The van der Waals surface area contributed by atoms with Crippen LogP contribution in [0.15, 0.2) is 34.1 Å². The molecule has 166 valence electrons. The predicted octanol–water partition coefficient (Wildman–Crippen LogP) is 0.234. The molecule has 3 heterocycles. The number of anilines is 1. The largest absolute Gasteiger partial charge is 0.390 e. The summed E-state index contributed by atoms with van der Waals surface area (Å²) in [4.78, 5) is 33.5. The van der Waals surface area contributed by atoms with Gasteiger partial charge in [-0.15, -0.1) is 0 Å². The normalized spacial score (nSPS) is 16.2. The van der Waals surface area contributed by atoms with Gasteiger partial charge in [-0.05, 0) is 31.0 Å². The second-order valence-corrected chi connectivity index (χ2v) is 8.51. The lowest BCUT2D eigenvalue weighted by atomic mass is 10.1. The van der Waals surface area contributed by atoms with Gasteiger partial charge in [-0.1, -0.05) is 12.1 Å². The van der Waals surface area contributed by atoms with Gasteiger partial charge in [0, 0.05) is 52.5 Å². The zero-order chi connectivity index (χ0) is 22.3. The topological polar surface area (TPSA) is 88.5 Å². The van der Waals surface area contributed by atoms with Crippen LogP contribution in [0.2, 0.25) is 0 Å². The molecule has 1 N–H and O–H groups in total. The van der Waals surface area contributed by atoms with Gasteiger partial charge in [0.1, 0.15) is 0 Å². The van der Waals surface area contributed by atoms with Gasteiger partial charge in [-0.2, -0.15) is 0 Å². The number of aliphatic hydroxyl groups excluding tert-OH is 1. The number of nitrogens with zero attached hydrogens (tertiary/aromatic N) is 6. The molecule has 0 bridgehead atoms. The molecule has 0 amide bonds. The van der Waals surface area contributed by atoms with E-state index >= 15 is 0 Å². The summed E-state index contributed by atoms with van der Waals surface area (Å²) >= 11 is 0. The Morgan fingerprint density at radius 2 is 1.74 bits per heavy atom. The average molecular weight is 427 g/mol. The van der Waals surface area contributed by atoms with Gasteiger partial charge >= 0.3 is 5.69 Å². The Morgan fingerprint density at radius 3 is 2.45 bits per heavy atom. The van der Waals surface area contributed by atoms with Gasteiger partial charge in [0.2, 0.25) is 0 Å². The number of fused-ring (bicyclic) bond motifs is 1. The first-order chi connectivity index (χ1) is 14.8. The van der Waals surface area contributed by atoms with Gasteiger partial charge in [0.15, 0.2) is 11.2 Å². The molecule has 3 aromatic rings. The van der Waals surface area contributed by atoms with Crippen LogP contribution in [0.5, 0.6) is 0 Å². The molecule has 1 atom stereocenters. The van der Waals surface area contributed by atoms with Crippen LogP contribution in [0.4, 0.5) is 5.69 Å². The van der Waals surface area contributed by atoms with Gasteiger partial charge in [0.05, 0.1) is 19.0 Å². The maximum absolute atomic E-state index is 12.6. The van der Waals surface area contributed by atoms with Crippen molar-refractivity contribution < 1.29 is 5.11 Å². The van der Waals surface area contributed by atoms with E-state index in [4.69, 9.17) is 0 Å². The van der Waals surface area contributed by atoms with E-state index in [0.29, 0.717) is 17.7 Å². The summed E-state index contributed by atoms with van der Waals surface area (Å²) in [5, 5.41) is 10.7. The number of β-amino-alcohol motifs (C(OH)–C–C–N with tert-alkyl or cyclic N) is 1. The van der Waals surface area contributed by atoms with Gasteiger partial charge in [-0.25, -0.2) is 9.78 Å². The number of aliphatic hydroxyl groups is 1. The summed E-state index contributed by atoms with van der Waals surface area (Å²) in [5.74, 6) is 0. The number of imidazole rings is 1. The lowest BCUT2D eigenvalue weighted by molar-refractivity contribution is 0.0958. The fraction of sp³-hybridized carbons (Fsp3) is 0.500. The molecule has 1 unspecified atom stereocenters. The summed E-state index contributed by atoms with van der Waals surface area (Å²) in [6.07, 6.45) is 0.874. The van der Waals surface area contributed by atoms with Crippen molar-refractivity contribution in [3.8, 4) is 0 Å². The molecule has 9 nitrogen and oxygen atoms in total. The van der Waals surface area contributed by atoms with Crippen molar-refractivity contribution in [3.63, 3.8) is 0 Å². The fourth-order valence-electron chi connectivity index (χ4n) is 4.35. The molecule has 0 spiro atoms. The van der Waals surface area contributed by atoms with Crippen molar-refractivity contribution in [1.29, 1.82) is 0 Å². The van der Waals surface area contributed by atoms with E-state index in [1.165, 1.54) is 34.8 Å². The van der Waals surface area contributed by atoms with Crippen LogP contribution in [0.3, 0.4) is 0 Å². The monoisotopic (exact) mass is 426 g/mol. The number of aryl methyl sites for hydroxylation is 3. The molecule has 9 heteroatoms. The van der Waals surface area contributed by atoms with Crippen LogP contribution in [0.25, 0.3) is 11.2 Å². The summed E-state index contributed by atoms with van der Waals surface area (Å²) in [7, 11) is 3.04. The first-order valence-corrected chi connectivity index (χ1v) is 10.6. The van der Waals surface area contributed by atoms with E-state index in [2.05, 4.69) is 46.8 Å². The second-order valence-electron chi connectivity index (χ2n) is 8.51. The first-order valence-electron chi connectivity index (χ1n) is 10.6. The molecular weight excluding hydrogens is 396 g/mol. The minimum absolute atomic E-state index is 0.251. The molecular formula is C22H30N6O3. The quantitative estimate of drug-likeness (QED) is 0.629. The van der Waals surface area contributed by atoms with Crippen LogP contribution in [0.1, 0.15) is 11.1 Å². The van der Waals surface area contributed by atoms with E-state index < -0.39 is 17.4 Å². The lowest BCUT2D eigenvalue weighted by Crippen LogP contribution is -2.49. The maximum atomic E-state index is 12.6. The Labute approximate surface area is 180 Å². The van der Waals surface area contributed by atoms with Crippen molar-refractivity contribution >= 4 is 16.9 Å². The van der Waals surface area contributed by atoms with Crippen LogP contribution < -0.4 is 16.1 Å². The molecule has 1 aliphatic heterocycles. The van der Waals surface area contributed by atoms with Crippen LogP contribution in [-0.4, -0.2) is 67.5 Å². The zero-order valence-corrected chi connectivity index (χ0v) is 18.6. The Balaban J connectivity index is 1.41. The minimum Gasteiger partial charge on any atom is -0.390 e. The molecule has 1 saturated heterocycles. The van der Waals surface area contributed by atoms with E-state index in [9.17, 15) is 14.7 Å². The Bertz CT molecular complexity index is 1220. The predicted molar refractivity (Wildman–Crippen MR) is 121 cm³/mol. The van der Waals surface area contributed by atoms with E-state index in [1.54, 1.807) is 11.6 Å². The summed E-state index contributed by atoms with van der Waals surface area (Å²) < 4.78 is 4.07. The highest BCUT2D eigenvalue weighted by Gasteiger charge is 2.22. The molecule has 4 rings (SSSR count). The standard InChI is InChI=1S/C22H30N6O3/c1-15-5-6-16(2)18(11-15)27-9-7-26(8-10-27)12-17(29)13-28-14-23-20-19(28)21(30)25(4)22(31)24(20)3/h5-6,11,14,17,29H,7-10,12-13H2,1-4H3. The third kappa shape index (κ3) is 4.03. The minimum atomic E-state index is -0.647. The average Bonchev–Trinajstić information content (AvgIpc) is 3.16.